The minimum atomic E-state index is -0.181. The van der Waals surface area contributed by atoms with Gasteiger partial charge in [-0.25, -0.2) is 9.89 Å². The van der Waals surface area contributed by atoms with Crippen molar-refractivity contribution in [3.63, 3.8) is 0 Å². The molecule has 0 amide bonds. The van der Waals surface area contributed by atoms with Gasteiger partial charge in [-0.3, -0.25) is 4.57 Å². The van der Waals surface area contributed by atoms with Gasteiger partial charge < -0.3 is 5.73 Å². The minimum Gasteiger partial charge on any atom is -0.324 e. The van der Waals surface area contributed by atoms with Crippen molar-refractivity contribution in [1.82, 2.24) is 14.8 Å². The minimum absolute atomic E-state index is 0.00290. The number of hydrogen-bond donors (Lipinski definition) is 2. The lowest BCUT2D eigenvalue weighted by Crippen LogP contribution is -2.19. The van der Waals surface area contributed by atoms with E-state index in [1.165, 1.54) is 11.8 Å². The average molecular weight is 292 g/mol. The van der Waals surface area contributed by atoms with E-state index in [1.54, 1.807) is 4.57 Å². The molecule has 1 atom stereocenters. The van der Waals surface area contributed by atoms with Gasteiger partial charge in [-0.1, -0.05) is 25.1 Å². The molecule has 2 rings (SSSR count). The van der Waals surface area contributed by atoms with Crippen molar-refractivity contribution in [2.45, 2.75) is 49.3 Å². The zero-order chi connectivity index (χ0) is 14.7. The first-order valence-electron chi connectivity index (χ1n) is 6.73. The van der Waals surface area contributed by atoms with Crippen molar-refractivity contribution in [3.05, 3.63) is 40.3 Å². The van der Waals surface area contributed by atoms with Crippen LogP contribution in [0.5, 0.6) is 0 Å². The van der Waals surface area contributed by atoms with Crippen LogP contribution in [0.25, 0.3) is 0 Å². The van der Waals surface area contributed by atoms with Crippen molar-refractivity contribution in [3.8, 4) is 0 Å². The summed E-state index contributed by atoms with van der Waals surface area (Å²) in [6.07, 6.45) is 0.870. The normalized spacial score (nSPS) is 12.8. The third-order valence-corrected chi connectivity index (χ3v) is 4.21. The lowest BCUT2D eigenvalue weighted by Gasteiger charge is -2.15. The summed E-state index contributed by atoms with van der Waals surface area (Å²) in [6.45, 7) is 5.99. The molecule has 20 heavy (non-hydrogen) atoms. The van der Waals surface area contributed by atoms with Gasteiger partial charge in [0.1, 0.15) is 0 Å². The second kappa shape index (κ2) is 6.28. The first kappa shape index (κ1) is 14.9. The molecule has 0 aliphatic heterocycles. The van der Waals surface area contributed by atoms with Crippen LogP contribution < -0.4 is 11.4 Å². The lowest BCUT2D eigenvalue weighted by molar-refractivity contribution is 0.534. The number of aromatic nitrogens is 3. The van der Waals surface area contributed by atoms with Crippen molar-refractivity contribution < 1.29 is 0 Å². The first-order chi connectivity index (χ1) is 9.54. The molecule has 1 aromatic carbocycles. The number of rotatable bonds is 5. The third-order valence-electron chi connectivity index (χ3n) is 3.15. The van der Waals surface area contributed by atoms with E-state index >= 15 is 0 Å². The Bertz CT molecular complexity index is 632. The molecule has 0 fully saturated rings. The van der Waals surface area contributed by atoms with E-state index < -0.39 is 0 Å². The fraction of sp³-hybridized carbons (Fsp3) is 0.429. The largest absolute Gasteiger partial charge is 0.344 e. The Morgan fingerprint density at radius 1 is 1.40 bits per heavy atom. The number of H-pyrrole nitrogens is 1. The maximum absolute atomic E-state index is 11.8. The highest BCUT2D eigenvalue weighted by molar-refractivity contribution is 7.99. The molecule has 108 valence electrons. The topological polar surface area (TPSA) is 76.7 Å². The molecule has 0 unspecified atom stereocenters. The highest BCUT2D eigenvalue weighted by Gasteiger charge is 2.16. The SMILES string of the molecule is CC[C@H](N)c1ccccc1Sc1n[nH]c(=O)n1C(C)C. The molecule has 1 heterocycles. The van der Waals surface area contributed by atoms with Crippen LogP contribution in [0.4, 0.5) is 0 Å². The van der Waals surface area contributed by atoms with Crippen LogP contribution >= 0.6 is 11.8 Å². The molecule has 1 aromatic heterocycles. The summed E-state index contributed by atoms with van der Waals surface area (Å²) < 4.78 is 1.65. The highest BCUT2D eigenvalue weighted by Crippen LogP contribution is 2.32. The molecular weight excluding hydrogens is 272 g/mol. The summed E-state index contributed by atoms with van der Waals surface area (Å²) in [7, 11) is 0. The van der Waals surface area contributed by atoms with Crippen LogP contribution in [0, 0.1) is 0 Å². The second-order valence-electron chi connectivity index (χ2n) is 4.93. The molecule has 0 bridgehead atoms. The van der Waals surface area contributed by atoms with E-state index in [0.717, 1.165) is 16.9 Å². The van der Waals surface area contributed by atoms with Gasteiger partial charge >= 0.3 is 5.69 Å². The summed E-state index contributed by atoms with van der Waals surface area (Å²) >= 11 is 1.47. The van der Waals surface area contributed by atoms with Gasteiger partial charge in [0.15, 0.2) is 5.16 Å². The van der Waals surface area contributed by atoms with Crippen LogP contribution in [0.1, 0.15) is 44.8 Å². The molecule has 0 radical (unpaired) electrons. The quantitative estimate of drug-likeness (QED) is 0.888. The molecule has 5 nitrogen and oxygen atoms in total. The van der Waals surface area contributed by atoms with Crippen LogP contribution in [-0.2, 0) is 0 Å². The number of nitrogens with one attached hydrogen (secondary N) is 1. The summed E-state index contributed by atoms with van der Waals surface area (Å²) in [5.74, 6) is 0. The Balaban J connectivity index is 2.38. The fourth-order valence-corrected chi connectivity index (χ4v) is 3.18. The summed E-state index contributed by atoms with van der Waals surface area (Å²) in [6, 6.07) is 8.06. The number of aromatic amines is 1. The van der Waals surface area contributed by atoms with E-state index in [9.17, 15) is 4.79 Å². The number of benzene rings is 1. The van der Waals surface area contributed by atoms with Crippen LogP contribution in [0.2, 0.25) is 0 Å². The van der Waals surface area contributed by atoms with Gasteiger partial charge in [0.25, 0.3) is 0 Å². The van der Waals surface area contributed by atoms with Crippen molar-refractivity contribution >= 4 is 11.8 Å². The lowest BCUT2D eigenvalue weighted by atomic mass is 10.1. The highest BCUT2D eigenvalue weighted by atomic mass is 32.2. The number of hydrogen-bond acceptors (Lipinski definition) is 4. The maximum atomic E-state index is 11.8. The van der Waals surface area contributed by atoms with E-state index in [-0.39, 0.29) is 17.8 Å². The zero-order valence-electron chi connectivity index (χ0n) is 12.0. The van der Waals surface area contributed by atoms with E-state index in [0.29, 0.717) is 5.16 Å². The van der Waals surface area contributed by atoms with Crippen LogP contribution in [0.3, 0.4) is 0 Å². The molecule has 0 saturated heterocycles. The van der Waals surface area contributed by atoms with E-state index in [4.69, 9.17) is 5.73 Å². The van der Waals surface area contributed by atoms with E-state index in [2.05, 4.69) is 17.1 Å². The van der Waals surface area contributed by atoms with Gasteiger partial charge in [-0.15, -0.1) is 5.10 Å². The molecule has 2 aromatic rings. The van der Waals surface area contributed by atoms with E-state index in [1.807, 2.05) is 38.1 Å². The Kier molecular flexibility index (Phi) is 4.67. The van der Waals surface area contributed by atoms with Gasteiger partial charge in [-0.2, -0.15) is 0 Å². The average Bonchev–Trinajstić information content (AvgIpc) is 2.79. The number of nitrogens with two attached hydrogens (primary N) is 1. The van der Waals surface area contributed by atoms with Gasteiger partial charge in [0.2, 0.25) is 0 Å². The number of nitrogens with zero attached hydrogens (tertiary/aromatic N) is 2. The van der Waals surface area contributed by atoms with Gasteiger partial charge in [0.05, 0.1) is 0 Å². The molecule has 3 N–H and O–H groups in total. The van der Waals surface area contributed by atoms with Crippen molar-refractivity contribution in [1.29, 1.82) is 0 Å². The van der Waals surface area contributed by atoms with Crippen molar-refractivity contribution in [2.75, 3.05) is 0 Å². The fourth-order valence-electron chi connectivity index (χ4n) is 2.02. The molecule has 0 aliphatic carbocycles. The van der Waals surface area contributed by atoms with Crippen LogP contribution in [-0.4, -0.2) is 14.8 Å². The zero-order valence-corrected chi connectivity index (χ0v) is 12.8. The molecule has 0 saturated carbocycles. The summed E-state index contributed by atoms with van der Waals surface area (Å²) in [4.78, 5) is 12.8. The molecular formula is C14H20N4OS. The first-order valence-corrected chi connectivity index (χ1v) is 7.55. The molecule has 6 heteroatoms. The van der Waals surface area contributed by atoms with Crippen LogP contribution in [0.15, 0.2) is 39.1 Å². The summed E-state index contributed by atoms with van der Waals surface area (Å²) in [5, 5.41) is 7.28. The maximum Gasteiger partial charge on any atom is 0.344 e. The smallest absolute Gasteiger partial charge is 0.324 e. The Labute approximate surface area is 122 Å². The van der Waals surface area contributed by atoms with Gasteiger partial charge in [0, 0.05) is 17.0 Å². The Morgan fingerprint density at radius 3 is 2.75 bits per heavy atom. The second-order valence-corrected chi connectivity index (χ2v) is 5.94. The Morgan fingerprint density at radius 2 is 2.10 bits per heavy atom. The molecule has 0 spiro atoms. The standard InChI is InChI=1S/C14H20N4OS/c1-4-11(15)10-7-5-6-8-12(10)20-14-17-16-13(19)18(14)9(2)3/h5-9,11H,4,15H2,1-3H3,(H,16,19)/t11-/m0/s1. The monoisotopic (exact) mass is 292 g/mol. The summed E-state index contributed by atoms with van der Waals surface area (Å²) in [5.41, 5.74) is 7.05. The van der Waals surface area contributed by atoms with Gasteiger partial charge in [-0.05, 0) is 43.7 Å². The Hall–Kier alpha value is -1.53. The molecule has 0 aliphatic rings. The predicted molar refractivity (Wildman–Crippen MR) is 81.0 cm³/mol. The predicted octanol–water partition coefficient (Wildman–Crippen LogP) is 2.71. The van der Waals surface area contributed by atoms with Crippen molar-refractivity contribution in [2.24, 2.45) is 5.73 Å². The third kappa shape index (κ3) is 2.96.